The quantitative estimate of drug-likeness (QED) is 0.522. The third-order valence-electron chi connectivity index (χ3n) is 1.74. The van der Waals surface area contributed by atoms with Crippen LogP contribution in [0.5, 0.6) is 0 Å². The zero-order valence-corrected chi connectivity index (χ0v) is 6.15. The van der Waals surface area contributed by atoms with Crippen molar-refractivity contribution in [1.29, 1.82) is 0 Å². The predicted molar refractivity (Wildman–Crippen MR) is 38.1 cm³/mol. The zero-order chi connectivity index (χ0) is 6.69. The van der Waals surface area contributed by atoms with E-state index in [4.69, 9.17) is 0 Å². The van der Waals surface area contributed by atoms with E-state index in [2.05, 4.69) is 29.5 Å². The monoisotopic (exact) mass is 129 g/mol. The molecule has 0 radical (unpaired) electrons. The van der Waals surface area contributed by atoms with Gasteiger partial charge in [0.1, 0.15) is 6.29 Å². The lowest BCUT2D eigenvalue weighted by Crippen LogP contribution is -2.46. The van der Waals surface area contributed by atoms with Crippen LogP contribution in [0.4, 0.5) is 0 Å². The van der Waals surface area contributed by atoms with Crippen molar-refractivity contribution in [3.05, 3.63) is 0 Å². The molecule has 0 unspecified atom stereocenters. The van der Waals surface area contributed by atoms with Crippen LogP contribution in [0.25, 0.3) is 0 Å². The molecule has 3 nitrogen and oxygen atoms in total. The lowest BCUT2D eigenvalue weighted by atomic mass is 10.6. The Morgan fingerprint density at radius 1 is 1.44 bits per heavy atom. The Balaban J connectivity index is 2.24. The summed E-state index contributed by atoms with van der Waals surface area (Å²) < 4.78 is 0. The van der Waals surface area contributed by atoms with Crippen molar-refractivity contribution in [3.8, 4) is 0 Å². The van der Waals surface area contributed by atoms with Gasteiger partial charge in [0.2, 0.25) is 0 Å². The first kappa shape index (κ1) is 6.99. The van der Waals surface area contributed by atoms with Crippen LogP contribution in [0.2, 0.25) is 0 Å². The molecule has 3 heteroatoms. The Hall–Kier alpha value is -0.120. The molecule has 9 heavy (non-hydrogen) atoms. The van der Waals surface area contributed by atoms with Crippen molar-refractivity contribution in [2.45, 2.75) is 13.2 Å². The van der Waals surface area contributed by atoms with Gasteiger partial charge >= 0.3 is 0 Å². The predicted octanol–water partition coefficient (Wildman–Crippen LogP) is -0.585. The van der Waals surface area contributed by atoms with Gasteiger partial charge in [-0.25, -0.2) is 0 Å². The van der Waals surface area contributed by atoms with E-state index < -0.39 is 0 Å². The maximum absolute atomic E-state index is 3.32. The minimum Gasteiger partial charge on any atom is -0.288 e. The third-order valence-corrected chi connectivity index (χ3v) is 1.74. The van der Waals surface area contributed by atoms with Crippen molar-refractivity contribution >= 4 is 0 Å². The Morgan fingerprint density at radius 2 is 2.00 bits per heavy atom. The van der Waals surface area contributed by atoms with Gasteiger partial charge in [-0.1, -0.05) is 6.92 Å². The van der Waals surface area contributed by atoms with Crippen LogP contribution in [0.3, 0.4) is 0 Å². The first-order chi connectivity index (χ1) is 4.34. The Bertz CT molecular complexity index is 78.4. The molecular formula is C6H15N3. The summed E-state index contributed by atoms with van der Waals surface area (Å²) in [4.78, 5) is 2.24. The Morgan fingerprint density at radius 3 is 2.44 bits per heavy atom. The summed E-state index contributed by atoms with van der Waals surface area (Å²) in [6.45, 7) is 5.43. The van der Waals surface area contributed by atoms with Gasteiger partial charge in [0, 0.05) is 13.1 Å². The fraction of sp³-hybridized carbons (Fsp3) is 1.00. The molecule has 0 saturated carbocycles. The maximum Gasteiger partial charge on any atom is 0.114 e. The summed E-state index contributed by atoms with van der Waals surface area (Å²) >= 11 is 0. The van der Waals surface area contributed by atoms with E-state index in [-0.39, 0.29) is 0 Å². The molecular weight excluding hydrogens is 114 g/mol. The van der Waals surface area contributed by atoms with Gasteiger partial charge in [-0.15, -0.1) is 0 Å². The summed E-state index contributed by atoms with van der Waals surface area (Å²) in [6, 6.07) is 0. The van der Waals surface area contributed by atoms with Crippen molar-refractivity contribution in [2.24, 2.45) is 0 Å². The van der Waals surface area contributed by atoms with Gasteiger partial charge < -0.3 is 0 Å². The average Bonchev–Trinajstić information content (AvgIpc) is 2.37. The normalized spacial score (nSPS) is 21.7. The van der Waals surface area contributed by atoms with Crippen LogP contribution in [0, 0.1) is 0 Å². The molecule has 0 aromatic rings. The van der Waals surface area contributed by atoms with Crippen LogP contribution >= 0.6 is 0 Å². The summed E-state index contributed by atoms with van der Waals surface area (Å²) in [5.74, 6) is 0. The largest absolute Gasteiger partial charge is 0.288 e. The number of nitrogens with one attached hydrogen (secondary N) is 2. The first-order valence-corrected chi connectivity index (χ1v) is 3.51. The molecule has 0 aliphatic carbocycles. The standard InChI is InChI=1S/C6H15N3/c1-3-9(2)6-7-4-5-8-6/h6-8H,3-5H2,1-2H3. The third kappa shape index (κ3) is 1.64. The van der Waals surface area contributed by atoms with Crippen LogP contribution in [-0.4, -0.2) is 37.9 Å². The van der Waals surface area contributed by atoms with Crippen molar-refractivity contribution in [3.63, 3.8) is 0 Å². The van der Waals surface area contributed by atoms with Crippen LogP contribution in [-0.2, 0) is 0 Å². The molecule has 0 aromatic heterocycles. The molecule has 1 heterocycles. The highest BCUT2D eigenvalue weighted by atomic mass is 15.4. The van der Waals surface area contributed by atoms with E-state index in [1.807, 2.05) is 0 Å². The van der Waals surface area contributed by atoms with Crippen molar-refractivity contribution in [2.75, 3.05) is 26.7 Å². The van der Waals surface area contributed by atoms with E-state index in [0.717, 1.165) is 19.6 Å². The molecule has 0 atom stereocenters. The SMILES string of the molecule is CCN(C)C1NCCN1. The highest BCUT2D eigenvalue weighted by molar-refractivity contribution is 4.70. The second kappa shape index (κ2) is 3.15. The van der Waals surface area contributed by atoms with Gasteiger partial charge in [-0.2, -0.15) is 0 Å². The van der Waals surface area contributed by atoms with Gasteiger partial charge in [0.25, 0.3) is 0 Å². The fourth-order valence-corrected chi connectivity index (χ4v) is 0.984. The Kier molecular flexibility index (Phi) is 2.45. The van der Waals surface area contributed by atoms with Crippen LogP contribution in [0.15, 0.2) is 0 Å². The lowest BCUT2D eigenvalue weighted by Gasteiger charge is -2.22. The summed E-state index contributed by atoms with van der Waals surface area (Å²) in [6.07, 6.45) is 0.412. The summed E-state index contributed by atoms with van der Waals surface area (Å²) in [5, 5.41) is 6.64. The molecule has 54 valence electrons. The van der Waals surface area contributed by atoms with Crippen LogP contribution in [0.1, 0.15) is 6.92 Å². The molecule has 1 fully saturated rings. The summed E-state index contributed by atoms with van der Waals surface area (Å²) in [7, 11) is 2.11. The zero-order valence-electron chi connectivity index (χ0n) is 6.15. The maximum atomic E-state index is 3.32. The van der Waals surface area contributed by atoms with Gasteiger partial charge in [0.05, 0.1) is 0 Å². The van der Waals surface area contributed by atoms with Gasteiger partial charge in [0.15, 0.2) is 0 Å². The van der Waals surface area contributed by atoms with Gasteiger partial charge in [-0.3, -0.25) is 15.5 Å². The molecule has 1 rings (SSSR count). The molecule has 0 aromatic carbocycles. The second-order valence-corrected chi connectivity index (χ2v) is 2.38. The molecule has 2 N–H and O–H groups in total. The van der Waals surface area contributed by atoms with Crippen molar-refractivity contribution < 1.29 is 0 Å². The number of nitrogens with zero attached hydrogens (tertiary/aromatic N) is 1. The van der Waals surface area contributed by atoms with E-state index in [9.17, 15) is 0 Å². The Labute approximate surface area is 56.4 Å². The topological polar surface area (TPSA) is 27.3 Å². The molecule has 0 amide bonds. The van der Waals surface area contributed by atoms with E-state index in [1.54, 1.807) is 0 Å². The van der Waals surface area contributed by atoms with Crippen LogP contribution < -0.4 is 10.6 Å². The van der Waals surface area contributed by atoms with E-state index in [0.29, 0.717) is 6.29 Å². The highest BCUT2D eigenvalue weighted by Gasteiger charge is 2.15. The molecule has 0 spiro atoms. The van der Waals surface area contributed by atoms with Gasteiger partial charge in [-0.05, 0) is 13.6 Å². The molecule has 1 aliphatic rings. The van der Waals surface area contributed by atoms with Crippen molar-refractivity contribution in [1.82, 2.24) is 15.5 Å². The molecule has 1 saturated heterocycles. The average molecular weight is 129 g/mol. The number of hydrogen-bond acceptors (Lipinski definition) is 3. The summed E-state index contributed by atoms with van der Waals surface area (Å²) in [5.41, 5.74) is 0. The number of rotatable bonds is 2. The highest BCUT2D eigenvalue weighted by Crippen LogP contribution is 1.90. The van der Waals surface area contributed by atoms with E-state index >= 15 is 0 Å². The first-order valence-electron chi connectivity index (χ1n) is 3.51. The minimum atomic E-state index is 0.412. The minimum absolute atomic E-state index is 0.412. The fourth-order valence-electron chi connectivity index (χ4n) is 0.984. The number of hydrogen-bond donors (Lipinski definition) is 2. The molecule has 1 aliphatic heterocycles. The second-order valence-electron chi connectivity index (χ2n) is 2.38. The molecule has 0 bridgehead atoms. The lowest BCUT2D eigenvalue weighted by molar-refractivity contribution is 0.215. The van der Waals surface area contributed by atoms with E-state index in [1.165, 1.54) is 0 Å². The smallest absolute Gasteiger partial charge is 0.114 e.